The molecule has 0 amide bonds. The molecule has 112 valence electrons. The molecule has 3 nitrogen and oxygen atoms in total. The SMILES string of the molecule is CC(CCc1ccco1)NC1=NCC(CC(C)(C)C)S1. The molecule has 1 aromatic heterocycles. The summed E-state index contributed by atoms with van der Waals surface area (Å²) in [5, 5.41) is 5.28. The van der Waals surface area contributed by atoms with Crippen molar-refractivity contribution >= 4 is 16.9 Å². The number of aliphatic imine (C=N–C) groups is 1. The smallest absolute Gasteiger partial charge is 0.157 e. The standard InChI is InChI=1S/C16H26N2OS/c1-12(7-8-13-6-5-9-19-13)18-15-17-11-14(20-15)10-16(2,3)4/h5-6,9,12,14H,7-8,10-11H2,1-4H3,(H,17,18). The summed E-state index contributed by atoms with van der Waals surface area (Å²) >= 11 is 1.90. The maximum absolute atomic E-state index is 5.36. The van der Waals surface area contributed by atoms with E-state index in [1.54, 1.807) is 6.26 Å². The molecule has 1 aliphatic rings. The molecule has 1 aromatic rings. The van der Waals surface area contributed by atoms with Crippen LogP contribution in [0.1, 0.15) is 46.3 Å². The Balaban J connectivity index is 1.69. The van der Waals surface area contributed by atoms with Crippen molar-refractivity contribution in [2.24, 2.45) is 10.4 Å². The van der Waals surface area contributed by atoms with Crippen LogP contribution in [0.3, 0.4) is 0 Å². The number of thioether (sulfide) groups is 1. The predicted molar refractivity (Wildman–Crippen MR) is 87.4 cm³/mol. The predicted octanol–water partition coefficient (Wildman–Crippen LogP) is 4.10. The Hall–Kier alpha value is -0.900. The Kier molecular flexibility index (Phi) is 5.19. The van der Waals surface area contributed by atoms with Crippen LogP contribution in [0.5, 0.6) is 0 Å². The number of nitrogens with zero attached hydrogens (tertiary/aromatic N) is 1. The Bertz CT molecular complexity index is 434. The number of amidine groups is 1. The average Bonchev–Trinajstić information content (AvgIpc) is 2.96. The van der Waals surface area contributed by atoms with Gasteiger partial charge in [0.05, 0.1) is 12.8 Å². The average molecular weight is 294 g/mol. The first-order chi connectivity index (χ1) is 9.42. The molecule has 0 saturated carbocycles. The van der Waals surface area contributed by atoms with Crippen molar-refractivity contribution in [1.82, 2.24) is 5.32 Å². The van der Waals surface area contributed by atoms with Crippen LogP contribution in [0.15, 0.2) is 27.8 Å². The maximum atomic E-state index is 5.36. The zero-order valence-corrected chi connectivity index (χ0v) is 13.8. The molecule has 1 aliphatic heterocycles. The van der Waals surface area contributed by atoms with Crippen LogP contribution in [0.4, 0.5) is 0 Å². The van der Waals surface area contributed by atoms with E-state index in [1.165, 1.54) is 6.42 Å². The van der Waals surface area contributed by atoms with Crippen molar-refractivity contribution in [3.8, 4) is 0 Å². The molecule has 0 aromatic carbocycles. The second-order valence-electron chi connectivity index (χ2n) is 6.81. The largest absolute Gasteiger partial charge is 0.469 e. The van der Waals surface area contributed by atoms with Crippen LogP contribution in [0.2, 0.25) is 0 Å². The summed E-state index contributed by atoms with van der Waals surface area (Å²) in [7, 11) is 0. The third-order valence-electron chi connectivity index (χ3n) is 3.33. The molecule has 2 heterocycles. The third-order valence-corrected chi connectivity index (χ3v) is 4.45. The van der Waals surface area contributed by atoms with Crippen molar-refractivity contribution in [3.63, 3.8) is 0 Å². The maximum Gasteiger partial charge on any atom is 0.157 e. The minimum absolute atomic E-state index is 0.382. The molecule has 2 unspecified atom stereocenters. The third kappa shape index (κ3) is 5.23. The van der Waals surface area contributed by atoms with Crippen molar-refractivity contribution in [3.05, 3.63) is 24.2 Å². The molecular weight excluding hydrogens is 268 g/mol. The van der Waals surface area contributed by atoms with E-state index in [9.17, 15) is 0 Å². The topological polar surface area (TPSA) is 37.5 Å². The van der Waals surface area contributed by atoms with E-state index < -0.39 is 0 Å². The molecular formula is C16H26N2OS. The van der Waals surface area contributed by atoms with Gasteiger partial charge in [-0.3, -0.25) is 4.99 Å². The lowest BCUT2D eigenvalue weighted by Crippen LogP contribution is -2.30. The van der Waals surface area contributed by atoms with Gasteiger partial charge < -0.3 is 9.73 Å². The number of furan rings is 1. The lowest BCUT2D eigenvalue weighted by atomic mass is 9.90. The normalized spacial score (nSPS) is 20.8. The molecule has 4 heteroatoms. The Morgan fingerprint density at radius 3 is 2.95 bits per heavy atom. The molecule has 2 atom stereocenters. The molecule has 2 rings (SSSR count). The van der Waals surface area contributed by atoms with Crippen LogP contribution in [0, 0.1) is 5.41 Å². The summed E-state index contributed by atoms with van der Waals surface area (Å²) in [6.07, 6.45) is 5.00. The fraction of sp³-hybridized carbons (Fsp3) is 0.688. The van der Waals surface area contributed by atoms with E-state index in [0.717, 1.165) is 30.3 Å². The van der Waals surface area contributed by atoms with Crippen molar-refractivity contribution in [2.75, 3.05) is 6.54 Å². The zero-order valence-electron chi connectivity index (χ0n) is 13.0. The number of rotatable bonds is 5. The van der Waals surface area contributed by atoms with Crippen LogP contribution in [-0.4, -0.2) is 23.0 Å². The second-order valence-corrected chi connectivity index (χ2v) is 8.10. The van der Waals surface area contributed by atoms with Gasteiger partial charge in [0.2, 0.25) is 0 Å². The summed E-state index contributed by atoms with van der Waals surface area (Å²) in [5.74, 6) is 1.06. The zero-order chi connectivity index (χ0) is 14.6. The van der Waals surface area contributed by atoms with Crippen molar-refractivity contribution in [2.45, 2.75) is 58.2 Å². The molecule has 0 spiro atoms. The molecule has 0 radical (unpaired) electrons. The molecule has 0 aliphatic carbocycles. The van der Waals surface area contributed by atoms with Crippen LogP contribution in [0.25, 0.3) is 0 Å². The highest BCUT2D eigenvalue weighted by Gasteiger charge is 2.25. The van der Waals surface area contributed by atoms with Gasteiger partial charge in [0.15, 0.2) is 5.17 Å². The summed E-state index contributed by atoms with van der Waals surface area (Å²) in [4.78, 5) is 4.63. The highest BCUT2D eigenvalue weighted by atomic mass is 32.2. The van der Waals surface area contributed by atoms with Crippen LogP contribution < -0.4 is 5.32 Å². The molecule has 0 bridgehead atoms. The fourth-order valence-corrected chi connectivity index (χ4v) is 3.85. The van der Waals surface area contributed by atoms with Crippen molar-refractivity contribution < 1.29 is 4.42 Å². The number of aryl methyl sites for hydroxylation is 1. The number of hydrogen-bond acceptors (Lipinski definition) is 4. The monoisotopic (exact) mass is 294 g/mol. The highest BCUT2D eigenvalue weighted by molar-refractivity contribution is 8.14. The summed E-state index contributed by atoms with van der Waals surface area (Å²) < 4.78 is 5.36. The molecule has 0 fully saturated rings. The van der Waals surface area contributed by atoms with Gasteiger partial charge in [-0.1, -0.05) is 32.5 Å². The molecule has 20 heavy (non-hydrogen) atoms. The number of hydrogen-bond donors (Lipinski definition) is 1. The Labute approximate surface area is 126 Å². The lowest BCUT2D eigenvalue weighted by molar-refractivity contribution is 0.375. The first kappa shape index (κ1) is 15.5. The van der Waals surface area contributed by atoms with Gasteiger partial charge in [-0.2, -0.15) is 0 Å². The minimum Gasteiger partial charge on any atom is -0.469 e. The Morgan fingerprint density at radius 1 is 1.50 bits per heavy atom. The minimum atomic E-state index is 0.382. The first-order valence-electron chi connectivity index (χ1n) is 7.42. The van der Waals surface area contributed by atoms with Gasteiger partial charge in [-0.15, -0.1) is 0 Å². The van der Waals surface area contributed by atoms with Gasteiger partial charge in [-0.05, 0) is 37.3 Å². The van der Waals surface area contributed by atoms with E-state index in [4.69, 9.17) is 4.42 Å². The van der Waals surface area contributed by atoms with Gasteiger partial charge in [0.1, 0.15) is 5.76 Å². The van der Waals surface area contributed by atoms with E-state index in [1.807, 2.05) is 23.9 Å². The summed E-state index contributed by atoms with van der Waals surface area (Å²) in [6, 6.07) is 4.41. The second kappa shape index (κ2) is 6.70. The molecule has 0 saturated heterocycles. The van der Waals surface area contributed by atoms with Gasteiger partial charge >= 0.3 is 0 Å². The fourth-order valence-electron chi connectivity index (χ4n) is 2.38. The lowest BCUT2D eigenvalue weighted by Gasteiger charge is -2.22. The van der Waals surface area contributed by atoms with E-state index in [-0.39, 0.29) is 0 Å². The van der Waals surface area contributed by atoms with E-state index in [2.05, 4.69) is 38.0 Å². The van der Waals surface area contributed by atoms with Gasteiger partial charge in [0.25, 0.3) is 0 Å². The van der Waals surface area contributed by atoms with Gasteiger partial charge in [0, 0.05) is 17.7 Å². The van der Waals surface area contributed by atoms with E-state index >= 15 is 0 Å². The summed E-state index contributed by atoms with van der Waals surface area (Å²) in [5.41, 5.74) is 0.382. The highest BCUT2D eigenvalue weighted by Crippen LogP contribution is 2.31. The quantitative estimate of drug-likeness (QED) is 0.888. The molecule has 1 N–H and O–H groups in total. The summed E-state index contributed by atoms with van der Waals surface area (Å²) in [6.45, 7) is 10.1. The first-order valence-corrected chi connectivity index (χ1v) is 8.30. The van der Waals surface area contributed by atoms with Crippen molar-refractivity contribution in [1.29, 1.82) is 0 Å². The van der Waals surface area contributed by atoms with Gasteiger partial charge in [-0.25, -0.2) is 0 Å². The van der Waals surface area contributed by atoms with E-state index in [0.29, 0.717) is 16.7 Å². The number of nitrogens with one attached hydrogen (secondary N) is 1. The van der Waals surface area contributed by atoms with Crippen LogP contribution in [-0.2, 0) is 6.42 Å². The van der Waals surface area contributed by atoms with Crippen LogP contribution >= 0.6 is 11.8 Å². The Morgan fingerprint density at radius 2 is 2.30 bits per heavy atom.